The van der Waals surface area contributed by atoms with E-state index < -0.39 is 0 Å². The molecule has 82 valence electrons. The first kappa shape index (κ1) is 10.3. The van der Waals surface area contributed by atoms with E-state index in [1.807, 2.05) is 13.8 Å². The summed E-state index contributed by atoms with van der Waals surface area (Å²) in [5.41, 5.74) is 8.63. The molecule has 5 heteroatoms. The van der Waals surface area contributed by atoms with E-state index >= 15 is 0 Å². The third-order valence-corrected chi connectivity index (χ3v) is 2.70. The Bertz CT molecular complexity index is 361. The number of anilines is 1. The average Bonchev–Trinajstić information content (AvgIpc) is 2.24. The molecule has 1 aliphatic rings. The zero-order valence-electron chi connectivity index (χ0n) is 9.08. The van der Waals surface area contributed by atoms with Crippen LogP contribution in [0.3, 0.4) is 0 Å². The van der Waals surface area contributed by atoms with Crippen molar-refractivity contribution in [3.05, 3.63) is 17.0 Å². The van der Waals surface area contributed by atoms with Crippen molar-refractivity contribution in [2.75, 3.05) is 25.5 Å². The highest BCUT2D eigenvalue weighted by Gasteiger charge is 2.20. The molecule has 0 aliphatic carbocycles. The lowest BCUT2D eigenvalue weighted by Crippen LogP contribution is -2.35. The molecule has 0 aromatic carbocycles. The first-order valence-electron chi connectivity index (χ1n) is 5.10. The molecule has 0 radical (unpaired) electrons. The molecular formula is C10H16N4O. The third-order valence-electron chi connectivity index (χ3n) is 2.70. The van der Waals surface area contributed by atoms with Crippen LogP contribution in [0, 0.1) is 13.8 Å². The Morgan fingerprint density at radius 1 is 1.40 bits per heavy atom. The summed E-state index contributed by atoms with van der Waals surface area (Å²) >= 11 is 0. The SMILES string of the molecule is Cc1nc(N)nc(C2COCCN2)c1C. The van der Waals surface area contributed by atoms with Crippen molar-refractivity contribution in [2.24, 2.45) is 0 Å². The number of nitrogens with zero attached hydrogens (tertiary/aromatic N) is 2. The van der Waals surface area contributed by atoms with Gasteiger partial charge in [-0.15, -0.1) is 0 Å². The van der Waals surface area contributed by atoms with Crippen molar-refractivity contribution >= 4 is 5.95 Å². The summed E-state index contributed by atoms with van der Waals surface area (Å²) in [5, 5.41) is 3.36. The predicted octanol–water partition coefficient (Wildman–Crippen LogP) is 0.337. The van der Waals surface area contributed by atoms with Gasteiger partial charge in [-0.2, -0.15) is 0 Å². The Hall–Kier alpha value is -1.20. The molecule has 2 heterocycles. The average molecular weight is 208 g/mol. The van der Waals surface area contributed by atoms with E-state index in [0.29, 0.717) is 12.6 Å². The number of aromatic nitrogens is 2. The maximum Gasteiger partial charge on any atom is 0.220 e. The van der Waals surface area contributed by atoms with Gasteiger partial charge in [-0.1, -0.05) is 0 Å². The summed E-state index contributed by atoms with van der Waals surface area (Å²) in [7, 11) is 0. The minimum atomic E-state index is 0.141. The van der Waals surface area contributed by atoms with E-state index in [2.05, 4.69) is 15.3 Å². The van der Waals surface area contributed by atoms with Crippen LogP contribution in [0.4, 0.5) is 5.95 Å². The number of rotatable bonds is 1. The van der Waals surface area contributed by atoms with E-state index in [4.69, 9.17) is 10.5 Å². The van der Waals surface area contributed by atoms with Crippen molar-refractivity contribution in [1.29, 1.82) is 0 Å². The summed E-state index contributed by atoms with van der Waals surface area (Å²) < 4.78 is 5.41. The second kappa shape index (κ2) is 4.12. The fourth-order valence-electron chi connectivity index (χ4n) is 1.75. The van der Waals surface area contributed by atoms with Gasteiger partial charge in [0.25, 0.3) is 0 Å². The van der Waals surface area contributed by atoms with Gasteiger partial charge >= 0.3 is 0 Å². The Kier molecular flexibility index (Phi) is 2.83. The molecule has 1 unspecified atom stereocenters. The molecule has 2 rings (SSSR count). The normalized spacial score (nSPS) is 21.6. The van der Waals surface area contributed by atoms with Gasteiger partial charge in [0.15, 0.2) is 0 Å². The summed E-state index contributed by atoms with van der Waals surface area (Å²) in [4.78, 5) is 8.41. The van der Waals surface area contributed by atoms with Gasteiger partial charge in [0, 0.05) is 12.2 Å². The smallest absolute Gasteiger partial charge is 0.220 e. The van der Waals surface area contributed by atoms with Gasteiger partial charge in [-0.25, -0.2) is 9.97 Å². The lowest BCUT2D eigenvalue weighted by Gasteiger charge is -2.25. The Balaban J connectivity index is 2.33. The number of aryl methyl sites for hydroxylation is 1. The highest BCUT2D eigenvalue weighted by molar-refractivity contribution is 5.32. The van der Waals surface area contributed by atoms with E-state index in [9.17, 15) is 0 Å². The fraction of sp³-hybridized carbons (Fsp3) is 0.600. The monoisotopic (exact) mass is 208 g/mol. The van der Waals surface area contributed by atoms with Crippen molar-refractivity contribution < 1.29 is 4.74 Å². The molecule has 3 N–H and O–H groups in total. The second-order valence-electron chi connectivity index (χ2n) is 3.76. The first-order valence-corrected chi connectivity index (χ1v) is 5.10. The molecule has 0 amide bonds. The molecular weight excluding hydrogens is 192 g/mol. The van der Waals surface area contributed by atoms with E-state index in [0.717, 1.165) is 30.1 Å². The van der Waals surface area contributed by atoms with Gasteiger partial charge in [0.2, 0.25) is 5.95 Å². The number of nitrogens with one attached hydrogen (secondary N) is 1. The van der Waals surface area contributed by atoms with Gasteiger partial charge in [0.05, 0.1) is 24.9 Å². The zero-order valence-corrected chi connectivity index (χ0v) is 9.08. The van der Waals surface area contributed by atoms with Gasteiger partial charge in [-0.3, -0.25) is 0 Å². The highest BCUT2D eigenvalue weighted by Crippen LogP contribution is 2.20. The van der Waals surface area contributed by atoms with Crippen LogP contribution in [-0.2, 0) is 4.74 Å². The third kappa shape index (κ3) is 2.08. The maximum absolute atomic E-state index is 5.64. The minimum Gasteiger partial charge on any atom is -0.378 e. The summed E-state index contributed by atoms with van der Waals surface area (Å²) in [6, 6.07) is 0.141. The minimum absolute atomic E-state index is 0.141. The highest BCUT2D eigenvalue weighted by atomic mass is 16.5. The fourth-order valence-corrected chi connectivity index (χ4v) is 1.75. The van der Waals surface area contributed by atoms with Crippen LogP contribution in [0.15, 0.2) is 0 Å². The molecule has 0 bridgehead atoms. The Labute approximate surface area is 89.1 Å². The molecule has 1 aromatic rings. The summed E-state index contributed by atoms with van der Waals surface area (Å²) in [5.74, 6) is 0.334. The van der Waals surface area contributed by atoms with E-state index in [-0.39, 0.29) is 6.04 Å². The van der Waals surface area contributed by atoms with Gasteiger partial charge < -0.3 is 15.8 Å². The molecule has 1 aliphatic heterocycles. The molecule has 1 saturated heterocycles. The molecule has 15 heavy (non-hydrogen) atoms. The van der Waals surface area contributed by atoms with E-state index in [1.165, 1.54) is 0 Å². The standard InChI is InChI=1S/C10H16N4O/c1-6-7(2)13-10(11)14-9(6)8-5-15-4-3-12-8/h8,12H,3-5H2,1-2H3,(H2,11,13,14). The van der Waals surface area contributed by atoms with Crippen LogP contribution in [0.25, 0.3) is 0 Å². The molecule has 0 spiro atoms. The predicted molar refractivity (Wildman–Crippen MR) is 57.5 cm³/mol. The number of nitrogens with two attached hydrogens (primary N) is 1. The van der Waals surface area contributed by atoms with Crippen LogP contribution in [-0.4, -0.2) is 29.7 Å². The largest absolute Gasteiger partial charge is 0.378 e. The number of hydrogen-bond donors (Lipinski definition) is 2. The Morgan fingerprint density at radius 3 is 2.87 bits per heavy atom. The van der Waals surface area contributed by atoms with Crippen LogP contribution >= 0.6 is 0 Å². The summed E-state index contributed by atoms with van der Waals surface area (Å²) in [6.45, 7) is 6.22. The lowest BCUT2D eigenvalue weighted by atomic mass is 10.1. The van der Waals surface area contributed by atoms with Crippen LogP contribution < -0.4 is 11.1 Å². The van der Waals surface area contributed by atoms with Crippen LogP contribution in [0.5, 0.6) is 0 Å². The van der Waals surface area contributed by atoms with Crippen LogP contribution in [0.2, 0.25) is 0 Å². The Morgan fingerprint density at radius 2 is 2.20 bits per heavy atom. The molecule has 1 fully saturated rings. The van der Waals surface area contributed by atoms with Crippen molar-refractivity contribution in [1.82, 2.24) is 15.3 Å². The molecule has 0 saturated carbocycles. The number of hydrogen-bond acceptors (Lipinski definition) is 5. The van der Waals surface area contributed by atoms with Gasteiger partial charge in [0.1, 0.15) is 0 Å². The molecule has 1 atom stereocenters. The lowest BCUT2D eigenvalue weighted by molar-refractivity contribution is 0.0754. The number of nitrogen functional groups attached to an aromatic ring is 1. The van der Waals surface area contributed by atoms with Crippen molar-refractivity contribution in [2.45, 2.75) is 19.9 Å². The molecule has 5 nitrogen and oxygen atoms in total. The van der Waals surface area contributed by atoms with E-state index in [1.54, 1.807) is 0 Å². The number of ether oxygens (including phenoxy) is 1. The van der Waals surface area contributed by atoms with Gasteiger partial charge in [-0.05, 0) is 19.4 Å². The maximum atomic E-state index is 5.64. The van der Waals surface area contributed by atoms with Crippen molar-refractivity contribution in [3.8, 4) is 0 Å². The molecule has 1 aromatic heterocycles. The topological polar surface area (TPSA) is 73.1 Å². The second-order valence-corrected chi connectivity index (χ2v) is 3.76. The quantitative estimate of drug-likeness (QED) is 0.696. The van der Waals surface area contributed by atoms with Crippen molar-refractivity contribution in [3.63, 3.8) is 0 Å². The summed E-state index contributed by atoms with van der Waals surface area (Å²) in [6.07, 6.45) is 0. The van der Waals surface area contributed by atoms with Crippen LogP contribution in [0.1, 0.15) is 23.0 Å². The first-order chi connectivity index (χ1) is 7.18. The zero-order chi connectivity index (χ0) is 10.8. The number of morpholine rings is 1.